The van der Waals surface area contributed by atoms with Crippen LogP contribution in [0.4, 0.5) is 0 Å². The zero-order chi connectivity index (χ0) is 18.9. The fourth-order valence-corrected chi connectivity index (χ4v) is 3.51. The monoisotopic (exact) mass is 511 g/mol. The number of para-hydroxylation sites is 1. The van der Waals surface area contributed by atoms with Gasteiger partial charge >= 0.3 is 0 Å². The number of rotatable bonds is 8. The number of hydrogen-bond acceptors (Lipinski definition) is 3. The van der Waals surface area contributed by atoms with Crippen molar-refractivity contribution in [2.24, 2.45) is 4.99 Å². The number of hydrogen-bond donors (Lipinski definition) is 4. The smallest absolute Gasteiger partial charge is 0.261 e. The van der Waals surface area contributed by atoms with Crippen molar-refractivity contribution < 1.29 is 4.79 Å². The number of carbonyl (C=O) groups is 1. The molecule has 3 rings (SSSR count). The van der Waals surface area contributed by atoms with Gasteiger partial charge in [0.2, 0.25) is 0 Å². The minimum Gasteiger partial charge on any atom is -0.361 e. The summed E-state index contributed by atoms with van der Waals surface area (Å²) in [5.41, 5.74) is 2.46. The van der Waals surface area contributed by atoms with Gasteiger partial charge in [0.25, 0.3) is 5.91 Å². The molecule has 2 aromatic heterocycles. The minimum absolute atomic E-state index is 0. The number of thiophene rings is 1. The Balaban J connectivity index is 0.00000280. The lowest BCUT2D eigenvalue weighted by molar-refractivity contribution is 0.0957. The molecular formula is C20H26IN5OS. The average molecular weight is 511 g/mol. The van der Waals surface area contributed by atoms with Gasteiger partial charge in [-0.3, -0.25) is 9.79 Å². The number of amides is 1. The van der Waals surface area contributed by atoms with E-state index in [1.807, 2.05) is 23.6 Å². The molecule has 0 fully saturated rings. The van der Waals surface area contributed by atoms with Crippen LogP contribution in [0.25, 0.3) is 10.9 Å². The van der Waals surface area contributed by atoms with Gasteiger partial charge in [0.05, 0.1) is 4.88 Å². The number of halogens is 1. The molecule has 8 heteroatoms. The predicted molar refractivity (Wildman–Crippen MR) is 128 cm³/mol. The molecule has 6 nitrogen and oxygen atoms in total. The number of aromatic nitrogens is 1. The van der Waals surface area contributed by atoms with Gasteiger partial charge < -0.3 is 20.9 Å². The van der Waals surface area contributed by atoms with E-state index in [0.29, 0.717) is 6.54 Å². The summed E-state index contributed by atoms with van der Waals surface area (Å²) in [6.45, 7) is 2.18. The van der Waals surface area contributed by atoms with Gasteiger partial charge in [-0.1, -0.05) is 24.3 Å². The van der Waals surface area contributed by atoms with Gasteiger partial charge in [-0.25, -0.2) is 0 Å². The number of aromatic amines is 1. The van der Waals surface area contributed by atoms with Crippen LogP contribution in [0, 0.1) is 0 Å². The van der Waals surface area contributed by atoms with E-state index >= 15 is 0 Å². The summed E-state index contributed by atoms with van der Waals surface area (Å²) in [6.07, 6.45) is 3.82. The molecule has 0 spiro atoms. The van der Waals surface area contributed by atoms with Crippen LogP contribution >= 0.6 is 35.3 Å². The second-order valence-electron chi connectivity index (χ2n) is 6.12. The Hall–Kier alpha value is -2.07. The van der Waals surface area contributed by atoms with Crippen LogP contribution in [-0.2, 0) is 6.42 Å². The molecule has 0 aliphatic carbocycles. The van der Waals surface area contributed by atoms with E-state index < -0.39 is 0 Å². The number of carbonyl (C=O) groups excluding carboxylic acids is 1. The van der Waals surface area contributed by atoms with Gasteiger partial charge in [-0.2, -0.15) is 0 Å². The summed E-state index contributed by atoms with van der Waals surface area (Å²) < 4.78 is 0. The molecule has 0 saturated heterocycles. The van der Waals surface area contributed by atoms with Crippen LogP contribution in [0.2, 0.25) is 0 Å². The zero-order valence-electron chi connectivity index (χ0n) is 15.8. The minimum atomic E-state index is -0.00811. The van der Waals surface area contributed by atoms with E-state index in [1.165, 1.54) is 27.8 Å². The summed E-state index contributed by atoms with van der Waals surface area (Å²) in [5, 5.41) is 12.7. The van der Waals surface area contributed by atoms with Crippen molar-refractivity contribution in [2.45, 2.75) is 12.8 Å². The highest BCUT2D eigenvalue weighted by atomic mass is 127. The van der Waals surface area contributed by atoms with Crippen molar-refractivity contribution in [2.75, 3.05) is 26.7 Å². The lowest BCUT2D eigenvalue weighted by Crippen LogP contribution is -2.39. The largest absolute Gasteiger partial charge is 0.361 e. The molecule has 0 bridgehead atoms. The highest BCUT2D eigenvalue weighted by Gasteiger charge is 2.05. The molecule has 1 aromatic carbocycles. The molecule has 150 valence electrons. The Morgan fingerprint density at radius 1 is 1.07 bits per heavy atom. The number of fused-ring (bicyclic) bond motifs is 1. The van der Waals surface area contributed by atoms with E-state index in [4.69, 9.17) is 0 Å². The summed E-state index contributed by atoms with van der Waals surface area (Å²) >= 11 is 1.45. The van der Waals surface area contributed by atoms with E-state index in [2.05, 4.69) is 50.3 Å². The van der Waals surface area contributed by atoms with Crippen LogP contribution in [0.5, 0.6) is 0 Å². The fourth-order valence-electron chi connectivity index (χ4n) is 2.87. The lowest BCUT2D eigenvalue weighted by atomic mass is 10.1. The first-order valence-electron chi connectivity index (χ1n) is 9.09. The number of benzene rings is 1. The van der Waals surface area contributed by atoms with Crippen LogP contribution < -0.4 is 16.0 Å². The number of aliphatic imine (C=N–C) groups is 1. The van der Waals surface area contributed by atoms with E-state index in [1.54, 1.807) is 7.05 Å². The standard InChI is InChI=1S/C20H25N5OS.HI/c1-21-20(23-11-5-10-22-19(26)18-8-4-13-27-18)24-12-9-15-14-25-17-7-3-2-6-16(15)17;/h2-4,6-8,13-14,25H,5,9-12H2,1H3,(H,22,26)(H2,21,23,24);1H. The number of nitrogens with one attached hydrogen (secondary N) is 4. The molecular weight excluding hydrogens is 485 g/mol. The molecule has 0 aliphatic rings. The van der Waals surface area contributed by atoms with E-state index in [9.17, 15) is 4.79 Å². The van der Waals surface area contributed by atoms with Crippen LogP contribution in [0.3, 0.4) is 0 Å². The van der Waals surface area contributed by atoms with E-state index in [-0.39, 0.29) is 29.9 Å². The Labute approximate surface area is 186 Å². The van der Waals surface area contributed by atoms with Gasteiger partial charge in [-0.05, 0) is 35.9 Å². The molecule has 0 aliphatic heterocycles. The van der Waals surface area contributed by atoms with Crippen molar-refractivity contribution in [3.05, 3.63) is 58.4 Å². The Bertz CT molecular complexity index is 891. The molecule has 0 atom stereocenters. The normalized spacial score (nSPS) is 11.1. The third-order valence-corrected chi connectivity index (χ3v) is 5.13. The van der Waals surface area contributed by atoms with Crippen LogP contribution in [0.15, 0.2) is 53.0 Å². The topological polar surface area (TPSA) is 81.3 Å². The molecule has 0 radical (unpaired) electrons. The molecule has 2 heterocycles. The summed E-state index contributed by atoms with van der Waals surface area (Å²) in [6, 6.07) is 12.0. The number of H-pyrrole nitrogens is 1. The maximum atomic E-state index is 11.8. The highest BCUT2D eigenvalue weighted by molar-refractivity contribution is 14.0. The summed E-state index contributed by atoms with van der Waals surface area (Å²) in [7, 11) is 1.76. The molecule has 0 saturated carbocycles. The molecule has 0 unspecified atom stereocenters. The second kappa shape index (κ2) is 11.7. The number of guanidine groups is 1. The highest BCUT2D eigenvalue weighted by Crippen LogP contribution is 2.17. The SMILES string of the molecule is CN=C(NCCCNC(=O)c1cccs1)NCCc1c[nH]c2ccccc12.I. The molecule has 3 aromatic rings. The molecule has 4 N–H and O–H groups in total. The summed E-state index contributed by atoms with van der Waals surface area (Å²) in [5.74, 6) is 0.769. The fraction of sp³-hybridized carbons (Fsp3) is 0.300. The molecule has 1 amide bonds. The molecule has 28 heavy (non-hydrogen) atoms. The Kier molecular flexibility index (Phi) is 9.29. The number of nitrogens with zero attached hydrogens (tertiary/aromatic N) is 1. The maximum absolute atomic E-state index is 11.8. The lowest BCUT2D eigenvalue weighted by Gasteiger charge is -2.12. The van der Waals surface area contributed by atoms with Gasteiger partial charge in [0.15, 0.2) is 5.96 Å². The van der Waals surface area contributed by atoms with Crippen LogP contribution in [-0.4, -0.2) is 43.5 Å². The average Bonchev–Trinajstić information content (AvgIpc) is 3.36. The van der Waals surface area contributed by atoms with E-state index in [0.717, 1.165) is 36.8 Å². The summed E-state index contributed by atoms with van der Waals surface area (Å²) in [4.78, 5) is 20.1. The van der Waals surface area contributed by atoms with Gasteiger partial charge in [0, 0.05) is 43.8 Å². The first-order valence-corrected chi connectivity index (χ1v) is 9.97. The van der Waals surface area contributed by atoms with Gasteiger partial charge in [0.1, 0.15) is 0 Å². The van der Waals surface area contributed by atoms with Crippen molar-refractivity contribution in [3.63, 3.8) is 0 Å². The van der Waals surface area contributed by atoms with Gasteiger partial charge in [-0.15, -0.1) is 35.3 Å². The predicted octanol–water partition coefficient (Wildman–Crippen LogP) is 3.38. The first-order chi connectivity index (χ1) is 13.3. The third kappa shape index (κ3) is 6.23. The Morgan fingerprint density at radius 3 is 2.64 bits per heavy atom. The maximum Gasteiger partial charge on any atom is 0.261 e. The van der Waals surface area contributed by atoms with Crippen molar-refractivity contribution in [1.82, 2.24) is 20.9 Å². The second-order valence-corrected chi connectivity index (χ2v) is 7.07. The van der Waals surface area contributed by atoms with Crippen LogP contribution in [0.1, 0.15) is 21.7 Å². The first kappa shape index (κ1) is 22.2. The Morgan fingerprint density at radius 2 is 1.86 bits per heavy atom. The van der Waals surface area contributed by atoms with Crippen molar-refractivity contribution in [3.8, 4) is 0 Å². The zero-order valence-corrected chi connectivity index (χ0v) is 19.0. The van der Waals surface area contributed by atoms with Crippen molar-refractivity contribution >= 4 is 58.1 Å². The van der Waals surface area contributed by atoms with Crippen molar-refractivity contribution in [1.29, 1.82) is 0 Å². The quantitative estimate of drug-likeness (QED) is 0.162. The third-order valence-electron chi connectivity index (χ3n) is 4.26.